The first kappa shape index (κ1) is 34.5. The fourth-order valence-corrected chi connectivity index (χ4v) is 3.43. The fraction of sp³-hybridized carbons (Fsp3) is 0.739. The van der Waals surface area contributed by atoms with Gasteiger partial charge in [0.25, 0.3) is 0 Å². The lowest BCUT2D eigenvalue weighted by Crippen LogP contribution is -2.58. The molecule has 218 valence electrons. The molecule has 0 rings (SSSR count). The average molecular weight is 545 g/mol. The number of carbonyl (C=O) groups excluding carboxylic acids is 3. The Morgan fingerprint density at radius 1 is 0.842 bits per heavy atom. The van der Waals surface area contributed by atoms with Crippen LogP contribution in [0.3, 0.4) is 0 Å². The Bertz CT molecular complexity index is 820. The molecule has 15 nitrogen and oxygen atoms in total. The molecule has 0 aliphatic carbocycles. The number of guanidine groups is 1. The molecule has 3 amide bonds. The van der Waals surface area contributed by atoms with Crippen LogP contribution in [0.2, 0.25) is 0 Å². The van der Waals surface area contributed by atoms with Crippen LogP contribution in [-0.2, 0) is 24.0 Å². The molecular weight excluding hydrogens is 500 g/mol. The highest BCUT2D eigenvalue weighted by Crippen LogP contribution is 2.11. The number of nitrogens with two attached hydrogens (primary N) is 4. The van der Waals surface area contributed by atoms with Gasteiger partial charge in [-0.15, -0.1) is 0 Å². The highest BCUT2D eigenvalue weighted by atomic mass is 16.4. The molecule has 0 heterocycles. The first-order valence-corrected chi connectivity index (χ1v) is 12.7. The molecule has 0 saturated carbocycles. The monoisotopic (exact) mass is 544 g/mol. The number of unbranched alkanes of at least 4 members (excludes halogenated alkanes) is 1. The SMILES string of the molecule is CCC(C)C(NC(=O)C(N)CCCCN)C(=O)NC(CCC(=O)O)C(=O)NC(CCCN=C(N)N)C(=O)O. The molecule has 0 radical (unpaired) electrons. The second kappa shape index (κ2) is 18.7. The van der Waals surface area contributed by atoms with E-state index in [1.165, 1.54) is 0 Å². The Labute approximate surface area is 222 Å². The second-order valence-corrected chi connectivity index (χ2v) is 9.10. The van der Waals surface area contributed by atoms with Gasteiger partial charge in [-0.1, -0.05) is 26.7 Å². The van der Waals surface area contributed by atoms with Crippen LogP contribution < -0.4 is 38.9 Å². The molecule has 0 aliphatic rings. The summed E-state index contributed by atoms with van der Waals surface area (Å²) in [5.41, 5.74) is 21.9. The van der Waals surface area contributed by atoms with Gasteiger partial charge in [0.05, 0.1) is 6.04 Å². The van der Waals surface area contributed by atoms with Crippen molar-refractivity contribution in [2.24, 2.45) is 33.8 Å². The fourth-order valence-electron chi connectivity index (χ4n) is 3.43. The molecule has 0 aliphatic heterocycles. The van der Waals surface area contributed by atoms with E-state index in [2.05, 4.69) is 20.9 Å². The molecule has 0 spiro atoms. The van der Waals surface area contributed by atoms with Gasteiger partial charge in [0.2, 0.25) is 17.7 Å². The van der Waals surface area contributed by atoms with Crippen molar-refractivity contribution in [1.82, 2.24) is 16.0 Å². The van der Waals surface area contributed by atoms with Gasteiger partial charge < -0.3 is 49.1 Å². The lowest BCUT2D eigenvalue weighted by molar-refractivity contribution is -0.143. The summed E-state index contributed by atoms with van der Waals surface area (Å²) >= 11 is 0. The Morgan fingerprint density at radius 3 is 2.00 bits per heavy atom. The van der Waals surface area contributed by atoms with Crippen LogP contribution >= 0.6 is 0 Å². The zero-order chi connectivity index (χ0) is 29.3. The van der Waals surface area contributed by atoms with E-state index < -0.39 is 60.2 Å². The molecule has 5 atom stereocenters. The zero-order valence-corrected chi connectivity index (χ0v) is 22.2. The number of hydrogen-bond acceptors (Lipinski definition) is 8. The van der Waals surface area contributed by atoms with Gasteiger partial charge in [-0.3, -0.25) is 24.2 Å². The quantitative estimate of drug-likeness (QED) is 0.0456. The number of amides is 3. The van der Waals surface area contributed by atoms with Crippen molar-refractivity contribution in [1.29, 1.82) is 0 Å². The van der Waals surface area contributed by atoms with E-state index in [4.69, 9.17) is 28.0 Å². The molecule has 0 aromatic carbocycles. The highest BCUT2D eigenvalue weighted by molar-refractivity contribution is 5.94. The predicted octanol–water partition coefficient (Wildman–Crippen LogP) is -2.05. The number of rotatable bonds is 20. The number of nitrogens with zero attached hydrogens (tertiary/aromatic N) is 1. The summed E-state index contributed by atoms with van der Waals surface area (Å²) in [6.07, 6.45) is 1.69. The number of carboxylic acids is 2. The summed E-state index contributed by atoms with van der Waals surface area (Å²) in [6.45, 7) is 4.15. The summed E-state index contributed by atoms with van der Waals surface area (Å²) < 4.78 is 0. The van der Waals surface area contributed by atoms with E-state index in [0.717, 1.165) is 0 Å². The largest absolute Gasteiger partial charge is 0.481 e. The molecule has 5 unspecified atom stereocenters. The number of carbonyl (C=O) groups is 5. The Hall–Kier alpha value is -3.46. The van der Waals surface area contributed by atoms with Crippen molar-refractivity contribution in [2.75, 3.05) is 13.1 Å². The maximum Gasteiger partial charge on any atom is 0.326 e. The molecular formula is C23H44N8O7. The summed E-state index contributed by atoms with van der Waals surface area (Å²) in [4.78, 5) is 65.2. The lowest BCUT2D eigenvalue weighted by Gasteiger charge is -2.28. The van der Waals surface area contributed by atoms with Crippen molar-refractivity contribution in [2.45, 2.75) is 89.4 Å². The summed E-state index contributed by atoms with van der Waals surface area (Å²) in [5.74, 6) is -5.16. The lowest BCUT2D eigenvalue weighted by atomic mass is 9.96. The first-order valence-electron chi connectivity index (χ1n) is 12.7. The third-order valence-electron chi connectivity index (χ3n) is 5.94. The van der Waals surface area contributed by atoms with Crippen LogP contribution in [0.5, 0.6) is 0 Å². The van der Waals surface area contributed by atoms with E-state index in [1.54, 1.807) is 6.92 Å². The van der Waals surface area contributed by atoms with E-state index in [1.807, 2.05) is 6.92 Å². The van der Waals surface area contributed by atoms with E-state index in [-0.39, 0.29) is 37.7 Å². The second-order valence-electron chi connectivity index (χ2n) is 9.10. The van der Waals surface area contributed by atoms with Gasteiger partial charge in [0, 0.05) is 13.0 Å². The van der Waals surface area contributed by atoms with Crippen LogP contribution in [0, 0.1) is 5.92 Å². The predicted molar refractivity (Wildman–Crippen MR) is 141 cm³/mol. The number of carboxylic acid groups (broad SMARTS) is 2. The summed E-state index contributed by atoms with van der Waals surface area (Å²) in [5, 5.41) is 26.0. The summed E-state index contributed by atoms with van der Waals surface area (Å²) in [7, 11) is 0. The van der Waals surface area contributed by atoms with Crippen LogP contribution in [0.15, 0.2) is 4.99 Å². The standard InChI is InChI=1S/C23H44N8O7/c1-3-13(2)18(31-19(34)14(25)7-4-5-11-24)21(36)29-15(9-10-17(32)33)20(35)30-16(22(37)38)8-6-12-28-23(26)27/h13-16,18H,3-12,24-25H2,1-2H3,(H,29,36)(H,30,35)(H,31,34)(H,32,33)(H,37,38)(H4,26,27,28). The Balaban J connectivity index is 5.54. The van der Waals surface area contributed by atoms with Crippen molar-refractivity contribution in [3.63, 3.8) is 0 Å². The maximum atomic E-state index is 13.2. The minimum atomic E-state index is -1.36. The molecule has 15 heteroatoms. The number of hydrogen-bond donors (Lipinski definition) is 9. The average Bonchev–Trinajstić information content (AvgIpc) is 2.85. The molecule has 0 saturated heterocycles. The first-order chi connectivity index (χ1) is 17.8. The Morgan fingerprint density at radius 2 is 1.47 bits per heavy atom. The van der Waals surface area contributed by atoms with E-state index >= 15 is 0 Å². The molecule has 0 fully saturated rings. The minimum Gasteiger partial charge on any atom is -0.481 e. The van der Waals surface area contributed by atoms with Crippen LogP contribution in [-0.4, -0.2) is 83.1 Å². The van der Waals surface area contributed by atoms with Crippen molar-refractivity contribution >= 4 is 35.6 Å². The van der Waals surface area contributed by atoms with Gasteiger partial charge >= 0.3 is 11.9 Å². The van der Waals surface area contributed by atoms with Crippen LogP contribution in [0.1, 0.15) is 65.2 Å². The number of aliphatic imine (C=N–C) groups is 1. The van der Waals surface area contributed by atoms with Crippen molar-refractivity contribution in [3.8, 4) is 0 Å². The maximum absolute atomic E-state index is 13.2. The molecule has 0 bridgehead atoms. The third-order valence-corrected chi connectivity index (χ3v) is 5.94. The third kappa shape index (κ3) is 14.3. The number of aliphatic carboxylic acids is 2. The van der Waals surface area contributed by atoms with E-state index in [9.17, 15) is 29.1 Å². The molecule has 38 heavy (non-hydrogen) atoms. The van der Waals surface area contributed by atoms with E-state index in [0.29, 0.717) is 32.2 Å². The van der Waals surface area contributed by atoms with Crippen LogP contribution in [0.25, 0.3) is 0 Å². The normalized spacial score (nSPS) is 14.7. The minimum absolute atomic E-state index is 0.00888. The smallest absolute Gasteiger partial charge is 0.326 e. The Kier molecular flexibility index (Phi) is 17.0. The summed E-state index contributed by atoms with van der Waals surface area (Å²) in [6, 6.07) is -4.59. The highest BCUT2D eigenvalue weighted by Gasteiger charge is 2.32. The van der Waals surface area contributed by atoms with Crippen LogP contribution in [0.4, 0.5) is 0 Å². The van der Waals surface area contributed by atoms with Gasteiger partial charge in [-0.2, -0.15) is 0 Å². The zero-order valence-electron chi connectivity index (χ0n) is 22.2. The molecule has 0 aromatic rings. The number of nitrogens with one attached hydrogen (secondary N) is 3. The topological polar surface area (TPSA) is 278 Å². The molecule has 13 N–H and O–H groups in total. The van der Waals surface area contributed by atoms with Crippen molar-refractivity contribution in [3.05, 3.63) is 0 Å². The van der Waals surface area contributed by atoms with Gasteiger partial charge in [-0.05, 0) is 44.6 Å². The molecule has 0 aromatic heterocycles. The van der Waals surface area contributed by atoms with Gasteiger partial charge in [0.15, 0.2) is 5.96 Å². The van der Waals surface area contributed by atoms with Gasteiger partial charge in [-0.25, -0.2) is 4.79 Å². The van der Waals surface area contributed by atoms with Gasteiger partial charge in [0.1, 0.15) is 18.1 Å². The van der Waals surface area contributed by atoms with Crippen molar-refractivity contribution < 1.29 is 34.2 Å².